The molecule has 0 atom stereocenters. The van der Waals surface area contributed by atoms with Gasteiger partial charge in [-0.25, -0.2) is 4.98 Å². The molecule has 3 rings (SSSR count). The fourth-order valence-corrected chi connectivity index (χ4v) is 3.37. The van der Waals surface area contributed by atoms with Crippen LogP contribution in [0.1, 0.15) is 33.8 Å². The third kappa shape index (κ3) is 2.65. The van der Waals surface area contributed by atoms with Crippen LogP contribution in [0.3, 0.4) is 0 Å². The number of benzene rings is 1. The second kappa shape index (κ2) is 5.30. The summed E-state index contributed by atoms with van der Waals surface area (Å²) in [6.45, 7) is 2.60. The van der Waals surface area contributed by atoms with Gasteiger partial charge in [-0.2, -0.15) is 0 Å². The molecule has 1 N–H and O–H groups in total. The first-order valence-corrected chi connectivity index (χ1v) is 8.22. The number of hydrogen-bond acceptors (Lipinski definition) is 3. The molecule has 0 saturated heterocycles. The number of nitrogens with zero attached hydrogens (tertiary/aromatic N) is 1. The van der Waals surface area contributed by atoms with Crippen LogP contribution < -0.4 is 5.32 Å². The number of rotatable bonds is 4. The molecule has 1 aromatic heterocycles. The second-order valence-corrected chi connectivity index (χ2v) is 7.21. The van der Waals surface area contributed by atoms with E-state index in [4.69, 9.17) is 0 Å². The Hall–Kier alpha value is -1.20. The van der Waals surface area contributed by atoms with Gasteiger partial charge in [-0.15, -0.1) is 11.3 Å². The van der Waals surface area contributed by atoms with E-state index in [0.29, 0.717) is 12.2 Å². The monoisotopic (exact) mass is 350 g/mol. The van der Waals surface area contributed by atoms with Crippen molar-refractivity contribution in [3.63, 3.8) is 0 Å². The molecule has 1 saturated carbocycles. The molecular formula is C15H15BrN2OS. The quantitative estimate of drug-likeness (QED) is 0.913. The summed E-state index contributed by atoms with van der Waals surface area (Å²) in [5, 5.41) is 3.04. The Balaban J connectivity index is 1.69. The standard InChI is InChI=1S/C15H15BrN2OS/c1-10-13(18-9-20-10)14(19)17-8-15(5-6-15)11-3-2-4-12(16)7-11/h2-4,7,9H,5-6,8H2,1H3,(H,17,19). The van der Waals surface area contributed by atoms with Gasteiger partial charge in [0.1, 0.15) is 5.69 Å². The maximum atomic E-state index is 12.1. The Kier molecular flexibility index (Phi) is 3.65. The van der Waals surface area contributed by atoms with Gasteiger partial charge >= 0.3 is 0 Å². The van der Waals surface area contributed by atoms with Gasteiger partial charge in [0, 0.05) is 21.3 Å². The van der Waals surface area contributed by atoms with Gasteiger partial charge in [0.25, 0.3) is 5.91 Å². The van der Waals surface area contributed by atoms with Crippen molar-refractivity contribution < 1.29 is 4.79 Å². The van der Waals surface area contributed by atoms with Crippen molar-refractivity contribution >= 4 is 33.2 Å². The van der Waals surface area contributed by atoms with E-state index in [2.05, 4.69) is 38.4 Å². The zero-order chi connectivity index (χ0) is 14.2. The summed E-state index contributed by atoms with van der Waals surface area (Å²) in [4.78, 5) is 17.2. The molecule has 1 aliphatic carbocycles. The van der Waals surface area contributed by atoms with E-state index in [0.717, 1.165) is 22.2 Å². The second-order valence-electron chi connectivity index (χ2n) is 5.23. The van der Waals surface area contributed by atoms with E-state index >= 15 is 0 Å². The molecule has 1 fully saturated rings. The summed E-state index contributed by atoms with van der Waals surface area (Å²) in [6, 6.07) is 8.36. The third-order valence-electron chi connectivity index (χ3n) is 3.84. The Labute approximate surface area is 130 Å². The van der Waals surface area contributed by atoms with Gasteiger partial charge in [-0.05, 0) is 37.5 Å². The zero-order valence-corrected chi connectivity index (χ0v) is 13.6. The molecule has 3 nitrogen and oxygen atoms in total. The number of thiazole rings is 1. The highest BCUT2D eigenvalue weighted by Crippen LogP contribution is 2.48. The van der Waals surface area contributed by atoms with E-state index < -0.39 is 0 Å². The number of amides is 1. The first kappa shape index (κ1) is 13.8. The first-order valence-electron chi connectivity index (χ1n) is 6.55. The zero-order valence-electron chi connectivity index (χ0n) is 11.1. The highest BCUT2D eigenvalue weighted by Gasteiger charge is 2.44. The normalized spacial score (nSPS) is 15.9. The van der Waals surface area contributed by atoms with Gasteiger partial charge in [-0.1, -0.05) is 28.1 Å². The summed E-state index contributed by atoms with van der Waals surface area (Å²) < 4.78 is 1.09. The molecule has 0 bridgehead atoms. The highest BCUT2D eigenvalue weighted by atomic mass is 79.9. The Morgan fingerprint density at radius 3 is 2.90 bits per heavy atom. The summed E-state index contributed by atoms with van der Waals surface area (Å²) in [5.74, 6) is -0.0648. The minimum atomic E-state index is -0.0648. The first-order chi connectivity index (χ1) is 9.61. The average Bonchev–Trinajstić information content (AvgIpc) is 3.11. The van der Waals surface area contributed by atoms with Gasteiger partial charge in [0.2, 0.25) is 0 Å². The van der Waals surface area contributed by atoms with E-state index in [9.17, 15) is 4.79 Å². The average molecular weight is 351 g/mol. The van der Waals surface area contributed by atoms with E-state index in [1.807, 2.05) is 19.1 Å². The lowest BCUT2D eigenvalue weighted by molar-refractivity contribution is 0.0945. The number of hydrogen-bond donors (Lipinski definition) is 1. The lowest BCUT2D eigenvalue weighted by Gasteiger charge is -2.16. The van der Waals surface area contributed by atoms with Crippen molar-refractivity contribution in [3.8, 4) is 0 Å². The lowest BCUT2D eigenvalue weighted by Crippen LogP contribution is -2.32. The number of halogens is 1. The van der Waals surface area contributed by atoms with Crippen LogP contribution >= 0.6 is 27.3 Å². The number of carbonyl (C=O) groups is 1. The fourth-order valence-electron chi connectivity index (χ4n) is 2.39. The molecule has 1 aromatic carbocycles. The van der Waals surface area contributed by atoms with Crippen molar-refractivity contribution in [2.24, 2.45) is 0 Å². The van der Waals surface area contributed by atoms with Crippen LogP contribution in [0.15, 0.2) is 34.2 Å². The molecule has 0 aliphatic heterocycles. The molecule has 0 unspecified atom stereocenters. The van der Waals surface area contributed by atoms with Crippen LogP contribution in [0.2, 0.25) is 0 Å². The molecule has 1 heterocycles. The number of aryl methyl sites for hydroxylation is 1. The topological polar surface area (TPSA) is 42.0 Å². The van der Waals surface area contributed by atoms with Crippen LogP contribution in [-0.2, 0) is 5.41 Å². The predicted octanol–water partition coefficient (Wildman–Crippen LogP) is 3.68. The van der Waals surface area contributed by atoms with Crippen LogP contribution in [0.25, 0.3) is 0 Å². The smallest absolute Gasteiger partial charge is 0.271 e. The largest absolute Gasteiger partial charge is 0.350 e. The summed E-state index contributed by atoms with van der Waals surface area (Å²) in [5.41, 5.74) is 3.68. The third-order valence-corrected chi connectivity index (χ3v) is 5.09. The molecule has 5 heteroatoms. The van der Waals surface area contributed by atoms with Gasteiger partial charge in [-0.3, -0.25) is 4.79 Å². The molecule has 2 aromatic rings. The number of nitrogens with one attached hydrogen (secondary N) is 1. The maximum absolute atomic E-state index is 12.1. The number of aromatic nitrogens is 1. The van der Waals surface area contributed by atoms with Gasteiger partial charge in [0.15, 0.2) is 0 Å². The van der Waals surface area contributed by atoms with E-state index in [1.54, 1.807) is 5.51 Å². The van der Waals surface area contributed by atoms with Crippen LogP contribution in [0, 0.1) is 6.92 Å². The van der Waals surface area contributed by atoms with Crippen molar-refractivity contribution in [2.75, 3.05) is 6.54 Å². The molecular weight excluding hydrogens is 336 g/mol. The van der Waals surface area contributed by atoms with Crippen LogP contribution in [0.5, 0.6) is 0 Å². The SMILES string of the molecule is Cc1scnc1C(=O)NCC1(c2cccc(Br)c2)CC1. The predicted molar refractivity (Wildman–Crippen MR) is 84.2 cm³/mol. The van der Waals surface area contributed by atoms with Crippen molar-refractivity contribution in [2.45, 2.75) is 25.2 Å². The molecule has 104 valence electrons. The molecule has 1 amide bonds. The minimum absolute atomic E-state index is 0.0648. The summed E-state index contributed by atoms with van der Waals surface area (Å²) in [6.07, 6.45) is 2.25. The van der Waals surface area contributed by atoms with Crippen molar-refractivity contribution in [3.05, 3.63) is 50.4 Å². The Morgan fingerprint density at radius 2 is 2.30 bits per heavy atom. The maximum Gasteiger partial charge on any atom is 0.271 e. The summed E-state index contributed by atoms with van der Waals surface area (Å²) in [7, 11) is 0. The van der Waals surface area contributed by atoms with Crippen LogP contribution in [0.4, 0.5) is 0 Å². The Morgan fingerprint density at radius 1 is 1.50 bits per heavy atom. The molecule has 0 radical (unpaired) electrons. The Bertz CT molecular complexity index is 649. The minimum Gasteiger partial charge on any atom is -0.350 e. The lowest BCUT2D eigenvalue weighted by atomic mass is 9.96. The van der Waals surface area contributed by atoms with Crippen molar-refractivity contribution in [1.82, 2.24) is 10.3 Å². The molecule has 20 heavy (non-hydrogen) atoms. The molecule has 0 spiro atoms. The van der Waals surface area contributed by atoms with E-state index in [1.165, 1.54) is 16.9 Å². The van der Waals surface area contributed by atoms with Gasteiger partial charge < -0.3 is 5.32 Å². The van der Waals surface area contributed by atoms with E-state index in [-0.39, 0.29) is 11.3 Å². The van der Waals surface area contributed by atoms with Crippen LogP contribution in [-0.4, -0.2) is 17.4 Å². The molecule has 1 aliphatic rings. The fraction of sp³-hybridized carbons (Fsp3) is 0.333. The van der Waals surface area contributed by atoms with Gasteiger partial charge in [0.05, 0.1) is 5.51 Å². The van der Waals surface area contributed by atoms with Crippen molar-refractivity contribution in [1.29, 1.82) is 0 Å². The number of carbonyl (C=O) groups excluding carboxylic acids is 1. The summed E-state index contributed by atoms with van der Waals surface area (Å²) >= 11 is 5.01. The highest BCUT2D eigenvalue weighted by molar-refractivity contribution is 9.10.